The first-order chi connectivity index (χ1) is 8.33. The van der Waals surface area contributed by atoms with E-state index < -0.39 is 0 Å². The van der Waals surface area contributed by atoms with Crippen LogP contribution in [0.25, 0.3) is 0 Å². The van der Waals surface area contributed by atoms with Gasteiger partial charge in [-0.25, -0.2) is 0 Å². The summed E-state index contributed by atoms with van der Waals surface area (Å²) in [5.74, 6) is 6.72. The molecule has 0 aliphatic rings. The number of hydrogen-bond acceptors (Lipinski definition) is 3. The van der Waals surface area contributed by atoms with Crippen molar-refractivity contribution in [3.8, 4) is 17.6 Å². The van der Waals surface area contributed by atoms with Crippen LogP contribution in [-0.2, 0) is 0 Å². The van der Waals surface area contributed by atoms with E-state index in [1.807, 2.05) is 38.1 Å². The molecule has 0 saturated carbocycles. The van der Waals surface area contributed by atoms with Crippen molar-refractivity contribution in [3.05, 3.63) is 29.8 Å². The molecule has 0 amide bonds. The minimum atomic E-state index is 0.0820. The van der Waals surface area contributed by atoms with Crippen molar-refractivity contribution >= 4 is 0 Å². The average Bonchev–Trinajstić information content (AvgIpc) is 2.36. The summed E-state index contributed by atoms with van der Waals surface area (Å²) in [6.45, 7) is 5.62. The molecule has 0 aliphatic heterocycles. The van der Waals surface area contributed by atoms with Crippen molar-refractivity contribution < 1.29 is 4.74 Å². The molecule has 0 aromatic heterocycles. The van der Waals surface area contributed by atoms with Gasteiger partial charge in [-0.3, -0.25) is 5.32 Å². The average molecular weight is 232 g/mol. The van der Waals surface area contributed by atoms with Gasteiger partial charge in [0.2, 0.25) is 0 Å². The predicted molar refractivity (Wildman–Crippen MR) is 70.9 cm³/mol. The van der Waals surface area contributed by atoms with Crippen LogP contribution in [0.1, 0.15) is 25.5 Å². The van der Waals surface area contributed by atoms with E-state index in [1.165, 1.54) is 0 Å². The van der Waals surface area contributed by atoms with Crippen molar-refractivity contribution in [2.45, 2.75) is 19.9 Å². The second-order valence-electron chi connectivity index (χ2n) is 3.57. The van der Waals surface area contributed by atoms with Gasteiger partial charge in [-0.1, -0.05) is 24.1 Å². The van der Waals surface area contributed by atoms with Gasteiger partial charge >= 0.3 is 0 Å². The van der Waals surface area contributed by atoms with E-state index in [0.717, 1.165) is 11.3 Å². The Balaban J connectivity index is 2.81. The summed E-state index contributed by atoms with van der Waals surface area (Å²) in [7, 11) is 0. The van der Waals surface area contributed by atoms with Crippen LogP contribution in [0, 0.1) is 11.8 Å². The maximum Gasteiger partial charge on any atom is 0.124 e. The molecule has 0 heterocycles. The molecule has 0 bridgehead atoms. The zero-order valence-electron chi connectivity index (χ0n) is 10.5. The molecule has 1 atom stereocenters. The molecule has 0 aliphatic carbocycles. The van der Waals surface area contributed by atoms with Crippen LogP contribution in [0.4, 0.5) is 0 Å². The van der Waals surface area contributed by atoms with E-state index in [0.29, 0.717) is 19.7 Å². The molecule has 0 spiro atoms. The number of rotatable bonds is 6. The molecule has 0 radical (unpaired) electrons. The highest BCUT2D eigenvalue weighted by molar-refractivity contribution is 5.36. The summed E-state index contributed by atoms with van der Waals surface area (Å²) < 4.78 is 5.59. The van der Waals surface area contributed by atoms with E-state index in [1.54, 1.807) is 0 Å². The molecule has 1 aromatic rings. The number of benzene rings is 1. The van der Waals surface area contributed by atoms with Crippen molar-refractivity contribution in [1.29, 1.82) is 0 Å². The van der Waals surface area contributed by atoms with Crippen LogP contribution in [0.5, 0.6) is 5.75 Å². The standard InChI is InChI=1S/C14H20N2O/c1-3-5-10-16-13(11-15)12-8-6-7-9-14(12)17-4-2/h6-9,13,16H,4,10-11,15H2,1-2H3. The molecule has 1 rings (SSSR count). The molecule has 1 aromatic carbocycles. The summed E-state index contributed by atoms with van der Waals surface area (Å²) in [4.78, 5) is 0. The van der Waals surface area contributed by atoms with Gasteiger partial charge < -0.3 is 10.5 Å². The van der Waals surface area contributed by atoms with Gasteiger partial charge in [0.1, 0.15) is 5.75 Å². The first-order valence-electron chi connectivity index (χ1n) is 5.88. The molecule has 3 heteroatoms. The first-order valence-corrected chi connectivity index (χ1v) is 5.88. The monoisotopic (exact) mass is 232 g/mol. The highest BCUT2D eigenvalue weighted by Crippen LogP contribution is 2.24. The van der Waals surface area contributed by atoms with Crippen LogP contribution in [0.15, 0.2) is 24.3 Å². The topological polar surface area (TPSA) is 47.3 Å². The van der Waals surface area contributed by atoms with Crippen molar-refractivity contribution in [3.63, 3.8) is 0 Å². The third-order valence-electron chi connectivity index (χ3n) is 2.44. The second kappa shape index (κ2) is 7.72. The van der Waals surface area contributed by atoms with Crippen molar-refractivity contribution in [2.75, 3.05) is 19.7 Å². The molecule has 0 saturated heterocycles. The smallest absolute Gasteiger partial charge is 0.124 e. The van der Waals surface area contributed by atoms with E-state index in [2.05, 4.69) is 17.2 Å². The Bertz CT molecular complexity index is 393. The van der Waals surface area contributed by atoms with Gasteiger partial charge in [0, 0.05) is 18.2 Å². The largest absolute Gasteiger partial charge is 0.494 e. The van der Waals surface area contributed by atoms with E-state index >= 15 is 0 Å². The minimum absolute atomic E-state index is 0.0820. The molecule has 3 nitrogen and oxygen atoms in total. The number of nitrogens with one attached hydrogen (secondary N) is 1. The Morgan fingerprint density at radius 1 is 1.41 bits per heavy atom. The Morgan fingerprint density at radius 2 is 2.18 bits per heavy atom. The second-order valence-corrected chi connectivity index (χ2v) is 3.57. The fourth-order valence-electron chi connectivity index (χ4n) is 1.64. The highest BCUT2D eigenvalue weighted by Gasteiger charge is 2.13. The molecule has 3 N–H and O–H groups in total. The van der Waals surface area contributed by atoms with Gasteiger partial charge in [0.25, 0.3) is 0 Å². The highest BCUT2D eigenvalue weighted by atomic mass is 16.5. The van der Waals surface area contributed by atoms with Crippen molar-refractivity contribution in [2.24, 2.45) is 5.73 Å². The van der Waals surface area contributed by atoms with E-state index in [-0.39, 0.29) is 6.04 Å². The summed E-state index contributed by atoms with van der Waals surface area (Å²) in [6.07, 6.45) is 0. The molecular weight excluding hydrogens is 212 g/mol. The van der Waals surface area contributed by atoms with Crippen molar-refractivity contribution in [1.82, 2.24) is 5.32 Å². The van der Waals surface area contributed by atoms with Gasteiger partial charge in [-0.2, -0.15) is 0 Å². The minimum Gasteiger partial charge on any atom is -0.494 e. The zero-order valence-corrected chi connectivity index (χ0v) is 10.5. The van der Waals surface area contributed by atoms with Crippen LogP contribution < -0.4 is 15.8 Å². The Labute approximate surface area is 103 Å². The number of para-hydroxylation sites is 1. The summed E-state index contributed by atoms with van der Waals surface area (Å²) >= 11 is 0. The lowest BCUT2D eigenvalue weighted by Gasteiger charge is -2.19. The quantitative estimate of drug-likeness (QED) is 0.734. The molecular formula is C14H20N2O. The van der Waals surface area contributed by atoms with E-state index in [9.17, 15) is 0 Å². The molecule has 17 heavy (non-hydrogen) atoms. The summed E-state index contributed by atoms with van der Waals surface area (Å²) in [6, 6.07) is 8.05. The first kappa shape index (κ1) is 13.6. The molecule has 1 unspecified atom stereocenters. The molecule has 92 valence electrons. The number of ether oxygens (including phenoxy) is 1. The third-order valence-corrected chi connectivity index (χ3v) is 2.44. The zero-order chi connectivity index (χ0) is 12.5. The van der Waals surface area contributed by atoms with E-state index in [4.69, 9.17) is 10.5 Å². The summed E-state index contributed by atoms with van der Waals surface area (Å²) in [5, 5.41) is 3.31. The fourth-order valence-corrected chi connectivity index (χ4v) is 1.64. The predicted octanol–water partition coefficient (Wildman–Crippen LogP) is 1.70. The Morgan fingerprint density at radius 3 is 2.82 bits per heavy atom. The van der Waals surface area contributed by atoms with Gasteiger partial charge in [0.05, 0.1) is 13.2 Å². The SMILES string of the molecule is CC#CCNC(CN)c1ccccc1OCC. The normalized spacial score (nSPS) is 11.5. The maximum absolute atomic E-state index is 5.79. The lowest BCUT2D eigenvalue weighted by atomic mass is 10.1. The third kappa shape index (κ3) is 4.10. The maximum atomic E-state index is 5.79. The van der Waals surface area contributed by atoms with Crippen LogP contribution >= 0.6 is 0 Å². The Hall–Kier alpha value is -1.50. The molecule has 0 fully saturated rings. The number of nitrogens with two attached hydrogens (primary N) is 1. The fraction of sp³-hybridized carbons (Fsp3) is 0.429. The lowest BCUT2D eigenvalue weighted by molar-refractivity contribution is 0.332. The van der Waals surface area contributed by atoms with Gasteiger partial charge in [-0.15, -0.1) is 5.92 Å². The van der Waals surface area contributed by atoms with Gasteiger partial charge in [0.15, 0.2) is 0 Å². The van der Waals surface area contributed by atoms with Crippen LogP contribution in [0.3, 0.4) is 0 Å². The lowest BCUT2D eigenvalue weighted by Crippen LogP contribution is -2.29. The Kier molecular flexibility index (Phi) is 6.16. The van der Waals surface area contributed by atoms with Crippen LogP contribution in [0.2, 0.25) is 0 Å². The van der Waals surface area contributed by atoms with Gasteiger partial charge in [-0.05, 0) is 19.9 Å². The van der Waals surface area contributed by atoms with Crippen LogP contribution in [-0.4, -0.2) is 19.7 Å². The summed E-state index contributed by atoms with van der Waals surface area (Å²) in [5.41, 5.74) is 6.88. The number of hydrogen-bond donors (Lipinski definition) is 2.